The zero-order chi connectivity index (χ0) is 25.2. The molecule has 4 aromatic rings. The lowest BCUT2D eigenvalue weighted by Gasteiger charge is -2.29. The SMILES string of the molecule is COC(=O)c1ccccc1-n1cccc1C1C(c2ccccn2)NC(=S)N1c1ccc(C(C)C)cc1. The van der Waals surface area contributed by atoms with Crippen molar-refractivity contribution in [3.8, 4) is 5.69 Å². The number of benzene rings is 2. The molecule has 0 radical (unpaired) electrons. The van der Waals surface area contributed by atoms with Gasteiger partial charge in [-0.1, -0.05) is 44.2 Å². The molecule has 0 amide bonds. The Labute approximate surface area is 216 Å². The van der Waals surface area contributed by atoms with Crippen molar-refractivity contribution in [3.05, 3.63) is 114 Å². The number of carbonyl (C=O) groups is 1. The van der Waals surface area contributed by atoms with Crippen LogP contribution in [0.3, 0.4) is 0 Å². The normalized spacial score (nSPS) is 17.3. The van der Waals surface area contributed by atoms with Gasteiger partial charge in [-0.15, -0.1) is 0 Å². The molecule has 1 aliphatic heterocycles. The molecule has 0 aliphatic carbocycles. The molecule has 2 aromatic heterocycles. The maximum Gasteiger partial charge on any atom is 0.339 e. The van der Waals surface area contributed by atoms with Crippen molar-refractivity contribution in [2.45, 2.75) is 31.8 Å². The molecule has 2 atom stereocenters. The van der Waals surface area contributed by atoms with Crippen LogP contribution in [0.15, 0.2) is 91.3 Å². The Kier molecular flexibility index (Phi) is 6.57. The van der Waals surface area contributed by atoms with E-state index in [4.69, 9.17) is 17.0 Å². The third-order valence-electron chi connectivity index (χ3n) is 6.59. The highest BCUT2D eigenvalue weighted by Gasteiger charge is 2.42. The van der Waals surface area contributed by atoms with Crippen LogP contribution in [0.5, 0.6) is 0 Å². The molecule has 7 heteroatoms. The maximum absolute atomic E-state index is 12.6. The molecule has 2 unspecified atom stereocenters. The van der Waals surface area contributed by atoms with E-state index in [0.717, 1.165) is 22.8 Å². The number of esters is 1. The van der Waals surface area contributed by atoms with Crippen molar-refractivity contribution in [2.24, 2.45) is 0 Å². The molecule has 1 aliphatic rings. The maximum atomic E-state index is 12.6. The predicted molar refractivity (Wildman–Crippen MR) is 146 cm³/mol. The lowest BCUT2D eigenvalue weighted by Crippen LogP contribution is -2.30. The summed E-state index contributed by atoms with van der Waals surface area (Å²) in [6, 6.07) is 25.5. The molecule has 2 aromatic carbocycles. The molecule has 182 valence electrons. The summed E-state index contributed by atoms with van der Waals surface area (Å²) in [5.74, 6) is 0.0551. The van der Waals surface area contributed by atoms with Gasteiger partial charge in [0, 0.05) is 23.8 Å². The van der Waals surface area contributed by atoms with Gasteiger partial charge in [0.05, 0.1) is 30.1 Å². The molecule has 1 saturated heterocycles. The van der Waals surface area contributed by atoms with Gasteiger partial charge < -0.3 is 19.5 Å². The van der Waals surface area contributed by atoms with Crippen LogP contribution < -0.4 is 10.2 Å². The Hall–Kier alpha value is -3.97. The lowest BCUT2D eigenvalue weighted by molar-refractivity contribution is 0.0600. The van der Waals surface area contributed by atoms with E-state index >= 15 is 0 Å². The first-order valence-corrected chi connectivity index (χ1v) is 12.4. The molecule has 1 N–H and O–H groups in total. The molecule has 0 spiro atoms. The van der Waals surface area contributed by atoms with Crippen molar-refractivity contribution in [3.63, 3.8) is 0 Å². The van der Waals surface area contributed by atoms with Crippen LogP contribution >= 0.6 is 12.2 Å². The molecule has 3 heterocycles. The summed E-state index contributed by atoms with van der Waals surface area (Å²) in [5, 5.41) is 4.14. The summed E-state index contributed by atoms with van der Waals surface area (Å²) < 4.78 is 7.10. The number of rotatable bonds is 6. The third-order valence-corrected chi connectivity index (χ3v) is 6.90. The van der Waals surface area contributed by atoms with Gasteiger partial charge >= 0.3 is 5.97 Å². The zero-order valence-corrected chi connectivity index (χ0v) is 21.3. The van der Waals surface area contributed by atoms with Gasteiger partial charge in [-0.3, -0.25) is 4.98 Å². The van der Waals surface area contributed by atoms with Crippen molar-refractivity contribution in [2.75, 3.05) is 12.0 Å². The second kappa shape index (κ2) is 9.95. The first kappa shape index (κ1) is 23.8. The van der Waals surface area contributed by atoms with Crippen molar-refractivity contribution in [1.82, 2.24) is 14.9 Å². The number of methoxy groups -OCH3 is 1. The van der Waals surface area contributed by atoms with E-state index in [2.05, 4.69) is 59.4 Å². The number of aromatic nitrogens is 2. The van der Waals surface area contributed by atoms with Crippen LogP contribution in [0, 0.1) is 0 Å². The molecule has 0 saturated carbocycles. The van der Waals surface area contributed by atoms with Crippen LogP contribution in [-0.4, -0.2) is 27.7 Å². The minimum Gasteiger partial charge on any atom is -0.465 e. The molecular formula is C29H28N4O2S. The molecule has 36 heavy (non-hydrogen) atoms. The Morgan fingerprint density at radius 1 is 1.00 bits per heavy atom. The molecule has 5 rings (SSSR count). The Morgan fingerprint density at radius 3 is 2.44 bits per heavy atom. The summed E-state index contributed by atoms with van der Waals surface area (Å²) in [6.07, 6.45) is 3.76. The van der Waals surface area contributed by atoms with Crippen LogP contribution in [-0.2, 0) is 4.74 Å². The highest BCUT2D eigenvalue weighted by molar-refractivity contribution is 7.80. The van der Waals surface area contributed by atoms with E-state index in [0.29, 0.717) is 16.6 Å². The third kappa shape index (κ3) is 4.27. The summed E-state index contributed by atoms with van der Waals surface area (Å²) in [4.78, 5) is 19.4. The second-order valence-electron chi connectivity index (χ2n) is 9.05. The minimum absolute atomic E-state index is 0.192. The van der Waals surface area contributed by atoms with Gasteiger partial charge in [0.1, 0.15) is 6.04 Å². The van der Waals surface area contributed by atoms with E-state index < -0.39 is 0 Å². The Bertz CT molecular complexity index is 1380. The molecule has 1 fully saturated rings. The number of para-hydroxylation sites is 1. The van der Waals surface area contributed by atoms with E-state index in [-0.39, 0.29) is 18.1 Å². The highest BCUT2D eigenvalue weighted by Crippen LogP contribution is 2.42. The van der Waals surface area contributed by atoms with Crippen molar-refractivity contribution in [1.29, 1.82) is 0 Å². The average molecular weight is 497 g/mol. The average Bonchev–Trinajstić information content (AvgIpc) is 3.53. The molecular weight excluding hydrogens is 468 g/mol. The number of thiocarbonyl (C=S) groups is 1. The number of hydrogen-bond acceptors (Lipinski definition) is 4. The van der Waals surface area contributed by atoms with Gasteiger partial charge in [-0.2, -0.15) is 0 Å². The number of pyridine rings is 1. The Morgan fingerprint density at radius 2 is 1.75 bits per heavy atom. The lowest BCUT2D eigenvalue weighted by atomic mass is 9.99. The van der Waals surface area contributed by atoms with Crippen LogP contribution in [0.25, 0.3) is 5.69 Å². The van der Waals surface area contributed by atoms with Gasteiger partial charge in [0.2, 0.25) is 0 Å². The zero-order valence-electron chi connectivity index (χ0n) is 20.5. The van der Waals surface area contributed by atoms with Gasteiger partial charge in [0.15, 0.2) is 5.11 Å². The topological polar surface area (TPSA) is 59.4 Å². The first-order chi connectivity index (χ1) is 17.5. The summed E-state index contributed by atoms with van der Waals surface area (Å²) >= 11 is 5.88. The molecule has 6 nitrogen and oxygen atoms in total. The van der Waals surface area contributed by atoms with Crippen molar-refractivity contribution < 1.29 is 9.53 Å². The standard InChI is InChI=1S/C29H28N4O2S/c1-19(2)20-13-15-21(16-14-20)33-27(26(31-29(33)36)23-10-6-7-17-30-23)25-12-8-18-32(25)24-11-5-4-9-22(24)28(34)35-3/h4-19,26-27H,1-3H3,(H,31,36). The summed E-state index contributed by atoms with van der Waals surface area (Å²) in [5.41, 5.74) is 5.37. The van der Waals surface area contributed by atoms with Crippen LogP contribution in [0.1, 0.15) is 59.2 Å². The number of nitrogens with one attached hydrogen (secondary N) is 1. The summed E-state index contributed by atoms with van der Waals surface area (Å²) in [7, 11) is 1.40. The number of hydrogen-bond donors (Lipinski definition) is 1. The van der Waals surface area contributed by atoms with E-state index in [1.807, 2.05) is 53.2 Å². The predicted octanol–water partition coefficient (Wildman–Crippen LogP) is 5.96. The fraction of sp³-hybridized carbons (Fsp3) is 0.207. The van der Waals surface area contributed by atoms with Crippen LogP contribution in [0.2, 0.25) is 0 Å². The molecule has 0 bridgehead atoms. The largest absolute Gasteiger partial charge is 0.465 e. The van der Waals surface area contributed by atoms with Gasteiger partial charge in [-0.05, 0) is 72.2 Å². The number of anilines is 1. The fourth-order valence-electron chi connectivity index (χ4n) is 4.77. The highest BCUT2D eigenvalue weighted by atomic mass is 32.1. The number of ether oxygens (including phenoxy) is 1. The van der Waals surface area contributed by atoms with E-state index in [1.165, 1.54) is 12.7 Å². The van der Waals surface area contributed by atoms with E-state index in [1.54, 1.807) is 12.3 Å². The fourth-order valence-corrected chi connectivity index (χ4v) is 5.12. The summed E-state index contributed by atoms with van der Waals surface area (Å²) in [6.45, 7) is 4.37. The number of carbonyl (C=O) groups excluding carboxylic acids is 1. The van der Waals surface area contributed by atoms with Gasteiger partial charge in [-0.25, -0.2) is 4.79 Å². The quantitative estimate of drug-likeness (QED) is 0.263. The number of nitrogens with zero attached hydrogens (tertiary/aromatic N) is 3. The smallest absolute Gasteiger partial charge is 0.339 e. The van der Waals surface area contributed by atoms with Crippen LogP contribution in [0.4, 0.5) is 5.69 Å². The van der Waals surface area contributed by atoms with E-state index in [9.17, 15) is 4.79 Å². The van der Waals surface area contributed by atoms with Gasteiger partial charge in [0.25, 0.3) is 0 Å². The minimum atomic E-state index is -0.382. The Balaban J connectivity index is 1.66. The first-order valence-electron chi connectivity index (χ1n) is 11.9. The van der Waals surface area contributed by atoms with Crippen molar-refractivity contribution >= 4 is 29.0 Å². The second-order valence-corrected chi connectivity index (χ2v) is 9.44. The monoisotopic (exact) mass is 496 g/mol.